The molecular weight excluding hydrogens is 434 g/mol. The summed E-state index contributed by atoms with van der Waals surface area (Å²) in [5, 5.41) is 7.34. The van der Waals surface area contributed by atoms with Crippen molar-refractivity contribution in [3.05, 3.63) is 88.6 Å². The van der Waals surface area contributed by atoms with Crippen molar-refractivity contribution in [1.82, 2.24) is 30.0 Å². The Labute approximate surface area is 206 Å². The number of rotatable bonds is 6. The van der Waals surface area contributed by atoms with Crippen molar-refractivity contribution in [2.24, 2.45) is 0 Å². The zero-order valence-electron chi connectivity index (χ0n) is 20.6. The second-order valence-corrected chi connectivity index (χ2v) is 10.1. The van der Waals surface area contributed by atoms with Crippen LogP contribution in [0.3, 0.4) is 0 Å². The Balaban J connectivity index is 1.13. The summed E-state index contributed by atoms with van der Waals surface area (Å²) in [6.45, 7) is 9.29. The zero-order valence-corrected chi connectivity index (χ0v) is 20.6. The Hall–Kier alpha value is -3.58. The summed E-state index contributed by atoms with van der Waals surface area (Å²) in [6, 6.07) is 18.4. The van der Waals surface area contributed by atoms with Gasteiger partial charge in [-0.2, -0.15) is 5.10 Å². The molecule has 2 atom stereocenters. The van der Waals surface area contributed by atoms with Gasteiger partial charge in [0.15, 0.2) is 5.82 Å². The molecule has 178 valence electrons. The van der Waals surface area contributed by atoms with Gasteiger partial charge in [0.1, 0.15) is 5.82 Å². The molecule has 7 rings (SSSR count). The van der Waals surface area contributed by atoms with E-state index in [1.54, 1.807) is 0 Å². The number of pyridine rings is 1. The minimum Gasteiger partial charge on any atom is -0.353 e. The molecule has 0 aliphatic carbocycles. The number of hydrogen-bond acceptors (Lipinski definition) is 6. The molecule has 3 saturated heterocycles. The van der Waals surface area contributed by atoms with Gasteiger partial charge in [-0.1, -0.05) is 29.8 Å². The molecule has 0 saturated carbocycles. The third-order valence-electron chi connectivity index (χ3n) is 7.15. The van der Waals surface area contributed by atoms with Crippen LogP contribution in [0.25, 0.3) is 11.4 Å². The molecule has 0 amide bonds. The molecule has 3 aliphatic rings. The van der Waals surface area contributed by atoms with Crippen molar-refractivity contribution < 1.29 is 0 Å². The van der Waals surface area contributed by atoms with Crippen molar-refractivity contribution in [3.8, 4) is 11.4 Å². The number of piperidine rings is 1. The summed E-state index contributed by atoms with van der Waals surface area (Å²) in [4.78, 5) is 19.4. The number of nitrogens with zero attached hydrogens (tertiary/aromatic N) is 6. The minimum atomic E-state index is 0.601. The van der Waals surface area contributed by atoms with E-state index in [0.717, 1.165) is 59.6 Å². The number of fused-ring (bicyclic) bond motifs is 2. The Morgan fingerprint density at radius 1 is 0.943 bits per heavy atom. The summed E-state index contributed by atoms with van der Waals surface area (Å²) in [6.07, 6.45) is 3.88. The largest absolute Gasteiger partial charge is 0.353 e. The third kappa shape index (κ3) is 4.56. The monoisotopic (exact) mass is 465 g/mol. The van der Waals surface area contributed by atoms with Crippen LogP contribution in [0.1, 0.15) is 40.3 Å². The number of hydrogen-bond donors (Lipinski definition) is 1. The highest BCUT2D eigenvalue weighted by Crippen LogP contribution is 2.35. The van der Waals surface area contributed by atoms with Crippen molar-refractivity contribution in [2.75, 3.05) is 18.0 Å². The van der Waals surface area contributed by atoms with Gasteiger partial charge in [0, 0.05) is 61.3 Å². The zero-order chi connectivity index (χ0) is 23.9. The summed E-state index contributed by atoms with van der Waals surface area (Å²) in [7, 11) is 0. The van der Waals surface area contributed by atoms with Crippen molar-refractivity contribution in [1.29, 1.82) is 0 Å². The van der Waals surface area contributed by atoms with Crippen LogP contribution in [0, 0.1) is 20.8 Å². The van der Waals surface area contributed by atoms with Gasteiger partial charge < -0.3 is 4.90 Å². The van der Waals surface area contributed by atoms with Gasteiger partial charge in [0.2, 0.25) is 0 Å². The number of piperazine rings is 1. The van der Waals surface area contributed by atoms with E-state index in [9.17, 15) is 0 Å². The maximum Gasteiger partial charge on any atom is 0.161 e. The molecule has 3 fully saturated rings. The Morgan fingerprint density at radius 2 is 1.80 bits per heavy atom. The molecule has 6 heterocycles. The van der Waals surface area contributed by atoms with E-state index in [0.29, 0.717) is 18.5 Å². The highest BCUT2D eigenvalue weighted by molar-refractivity contribution is 5.57. The third-order valence-corrected chi connectivity index (χ3v) is 7.15. The summed E-state index contributed by atoms with van der Waals surface area (Å²) in [5.41, 5.74) is 7.65. The number of nitrogens with one attached hydrogen (secondary N) is 1. The highest BCUT2D eigenvalue weighted by atomic mass is 15.4. The van der Waals surface area contributed by atoms with E-state index < -0.39 is 0 Å². The molecule has 3 aromatic heterocycles. The Bertz CT molecular complexity index is 1330. The Morgan fingerprint density at radius 3 is 2.51 bits per heavy atom. The van der Waals surface area contributed by atoms with Crippen molar-refractivity contribution >= 4 is 5.82 Å². The fourth-order valence-corrected chi connectivity index (χ4v) is 5.46. The van der Waals surface area contributed by atoms with Gasteiger partial charge in [-0.3, -0.25) is 10.00 Å². The highest BCUT2D eigenvalue weighted by Gasteiger charge is 2.44. The number of aromatic nitrogens is 5. The molecule has 1 aromatic carbocycles. The van der Waals surface area contributed by atoms with E-state index >= 15 is 0 Å². The van der Waals surface area contributed by atoms with Gasteiger partial charge in [-0.05, 0) is 57.0 Å². The van der Waals surface area contributed by atoms with Crippen LogP contribution in [-0.2, 0) is 13.0 Å². The van der Waals surface area contributed by atoms with Crippen LogP contribution in [0.15, 0.2) is 54.7 Å². The average Bonchev–Trinajstić information content (AvgIpc) is 3.26. The molecule has 4 aromatic rings. The van der Waals surface area contributed by atoms with E-state index in [1.165, 1.54) is 17.5 Å². The summed E-state index contributed by atoms with van der Waals surface area (Å²) >= 11 is 0. The number of H-pyrrole nitrogens is 1. The number of aromatic amines is 1. The quantitative estimate of drug-likeness (QED) is 0.459. The normalized spacial score (nSPS) is 19.6. The first-order valence-corrected chi connectivity index (χ1v) is 12.4. The van der Waals surface area contributed by atoms with Gasteiger partial charge in [0.25, 0.3) is 0 Å². The second kappa shape index (κ2) is 8.89. The molecule has 35 heavy (non-hydrogen) atoms. The molecular formula is C28H31N7. The fourth-order valence-electron chi connectivity index (χ4n) is 5.46. The van der Waals surface area contributed by atoms with E-state index in [-0.39, 0.29) is 0 Å². The van der Waals surface area contributed by atoms with Gasteiger partial charge in [0.05, 0.1) is 11.4 Å². The van der Waals surface area contributed by atoms with E-state index in [4.69, 9.17) is 9.97 Å². The maximum atomic E-state index is 4.81. The average molecular weight is 466 g/mol. The standard InChI is InChI=1S/C28H31N7/c1-18-5-4-6-21(9-18)15-35-25-13-26(35)17-34(16-25)27-8-7-22(14-29-27)28-30-19(2)10-23(31-28)12-24-11-20(3)32-33-24/h4-11,14,25-26H,12-13,15-17H2,1-3H3,(H,32,33). The van der Waals surface area contributed by atoms with Crippen molar-refractivity contribution in [3.63, 3.8) is 0 Å². The van der Waals surface area contributed by atoms with Crippen LogP contribution in [0.4, 0.5) is 5.82 Å². The number of anilines is 1. The SMILES string of the molecule is Cc1cccc(CN2C3CC2CN(c2ccc(-c4nc(C)cc(Cc5cc(C)[nH]n5)n4)cn2)C3)c1. The van der Waals surface area contributed by atoms with Crippen LogP contribution in [-0.4, -0.2) is 55.2 Å². The lowest BCUT2D eigenvalue weighted by Gasteiger charge is -2.56. The lowest BCUT2D eigenvalue weighted by molar-refractivity contribution is -0.00869. The van der Waals surface area contributed by atoms with Crippen LogP contribution in [0.5, 0.6) is 0 Å². The summed E-state index contributed by atoms with van der Waals surface area (Å²) < 4.78 is 0. The lowest BCUT2D eigenvalue weighted by Crippen LogP contribution is -2.68. The molecule has 2 bridgehead atoms. The topological polar surface area (TPSA) is 73.8 Å². The van der Waals surface area contributed by atoms with Gasteiger partial charge in [-0.15, -0.1) is 0 Å². The molecule has 0 radical (unpaired) electrons. The predicted octanol–water partition coefficient (Wildman–Crippen LogP) is 4.24. The lowest BCUT2D eigenvalue weighted by atomic mass is 9.86. The number of aryl methyl sites for hydroxylation is 3. The van der Waals surface area contributed by atoms with Crippen LogP contribution < -0.4 is 4.90 Å². The van der Waals surface area contributed by atoms with Gasteiger partial charge >= 0.3 is 0 Å². The molecule has 2 unspecified atom stereocenters. The molecule has 1 N–H and O–H groups in total. The summed E-state index contributed by atoms with van der Waals surface area (Å²) in [5.74, 6) is 1.76. The first-order valence-electron chi connectivity index (χ1n) is 12.4. The molecule has 7 nitrogen and oxygen atoms in total. The maximum absolute atomic E-state index is 4.81. The van der Waals surface area contributed by atoms with E-state index in [1.807, 2.05) is 26.1 Å². The predicted molar refractivity (Wildman–Crippen MR) is 137 cm³/mol. The Kier molecular flexibility index (Phi) is 5.57. The smallest absolute Gasteiger partial charge is 0.161 e. The minimum absolute atomic E-state index is 0.601. The van der Waals surface area contributed by atoms with Gasteiger partial charge in [-0.25, -0.2) is 15.0 Å². The first-order chi connectivity index (χ1) is 17.0. The van der Waals surface area contributed by atoms with Crippen LogP contribution in [0.2, 0.25) is 0 Å². The molecule has 3 aliphatic heterocycles. The molecule has 0 spiro atoms. The fraction of sp³-hybridized carbons (Fsp3) is 0.357. The van der Waals surface area contributed by atoms with Crippen LogP contribution >= 0.6 is 0 Å². The number of benzene rings is 1. The first kappa shape index (κ1) is 21.9. The van der Waals surface area contributed by atoms with Crippen molar-refractivity contribution in [2.45, 2.75) is 52.2 Å². The molecule has 7 heteroatoms. The second-order valence-electron chi connectivity index (χ2n) is 10.1. The van der Waals surface area contributed by atoms with E-state index in [2.05, 4.69) is 74.4 Å².